The molecular formula is C21H26BrFN2O3. The van der Waals surface area contributed by atoms with Crippen molar-refractivity contribution in [2.24, 2.45) is 5.41 Å². The topological polar surface area (TPSA) is 82.3 Å². The maximum Gasteiger partial charge on any atom is 0.312 e. The van der Waals surface area contributed by atoms with Crippen LogP contribution in [-0.2, 0) is 9.53 Å². The molecule has 2 rings (SSSR count). The Balaban J connectivity index is 2.80. The minimum Gasteiger partial charge on any atom is -0.481 e. The Morgan fingerprint density at radius 1 is 1.54 bits per heavy atom. The quantitative estimate of drug-likeness (QED) is 0.624. The molecule has 1 aromatic carbocycles. The highest BCUT2D eigenvalue weighted by Gasteiger charge is 2.56. The minimum absolute atomic E-state index is 0.165. The van der Waals surface area contributed by atoms with E-state index in [1.54, 1.807) is 20.1 Å². The van der Waals surface area contributed by atoms with Crippen molar-refractivity contribution in [3.63, 3.8) is 0 Å². The normalized spacial score (nSPS) is 25.8. The molecule has 1 heterocycles. The van der Waals surface area contributed by atoms with E-state index in [0.29, 0.717) is 40.6 Å². The van der Waals surface area contributed by atoms with Gasteiger partial charge in [0.15, 0.2) is 0 Å². The highest BCUT2D eigenvalue weighted by Crippen LogP contribution is 2.53. The molecule has 0 saturated heterocycles. The van der Waals surface area contributed by atoms with Gasteiger partial charge < -0.3 is 15.2 Å². The summed E-state index contributed by atoms with van der Waals surface area (Å²) in [7, 11) is 1.59. The average Bonchev–Trinajstić information content (AvgIpc) is 2.63. The number of carboxylic acids is 1. The van der Waals surface area contributed by atoms with Gasteiger partial charge in [-0.3, -0.25) is 4.79 Å². The first-order valence-corrected chi connectivity index (χ1v) is 10.1. The second-order valence-electron chi connectivity index (χ2n) is 7.32. The number of carboxylic acid groups (broad SMARTS) is 1. The first-order chi connectivity index (χ1) is 13.2. The summed E-state index contributed by atoms with van der Waals surface area (Å²) < 4.78 is 19.6. The fourth-order valence-corrected chi connectivity index (χ4v) is 4.85. The van der Waals surface area contributed by atoms with Crippen LogP contribution in [0.5, 0.6) is 0 Å². The number of hydrogen-bond donors (Lipinski definition) is 2. The number of carbonyl (C=O) groups is 1. The number of rotatable bonds is 7. The molecule has 1 aliphatic heterocycles. The number of nitrogens with one attached hydrogen (secondary N) is 1. The summed E-state index contributed by atoms with van der Waals surface area (Å²) >= 11 is 3.39. The zero-order chi connectivity index (χ0) is 21.1. The monoisotopic (exact) mass is 452 g/mol. The van der Waals surface area contributed by atoms with Gasteiger partial charge in [-0.1, -0.05) is 35.3 Å². The van der Waals surface area contributed by atoms with Crippen molar-refractivity contribution in [2.45, 2.75) is 58.1 Å². The number of benzene rings is 1. The van der Waals surface area contributed by atoms with Crippen LogP contribution in [0, 0.1) is 22.6 Å². The van der Waals surface area contributed by atoms with E-state index >= 15 is 0 Å². The van der Waals surface area contributed by atoms with Crippen molar-refractivity contribution in [1.82, 2.24) is 5.32 Å². The van der Waals surface area contributed by atoms with E-state index in [1.807, 2.05) is 13.8 Å². The van der Waals surface area contributed by atoms with E-state index < -0.39 is 29.2 Å². The van der Waals surface area contributed by atoms with E-state index in [4.69, 9.17) is 4.74 Å². The first-order valence-electron chi connectivity index (χ1n) is 9.31. The molecule has 1 aromatic rings. The van der Waals surface area contributed by atoms with Crippen LogP contribution >= 0.6 is 15.9 Å². The summed E-state index contributed by atoms with van der Waals surface area (Å²) in [5.74, 6) is -2.11. The van der Waals surface area contributed by atoms with Crippen LogP contribution in [0.25, 0.3) is 0 Å². The molecule has 0 bridgehead atoms. The third-order valence-electron chi connectivity index (χ3n) is 5.65. The first kappa shape index (κ1) is 22.4. The van der Waals surface area contributed by atoms with Crippen molar-refractivity contribution >= 4 is 21.9 Å². The smallest absolute Gasteiger partial charge is 0.312 e. The van der Waals surface area contributed by atoms with E-state index in [-0.39, 0.29) is 6.10 Å². The van der Waals surface area contributed by atoms with E-state index in [0.717, 1.165) is 0 Å². The van der Waals surface area contributed by atoms with Gasteiger partial charge in [-0.2, -0.15) is 5.26 Å². The molecule has 0 amide bonds. The lowest BCUT2D eigenvalue weighted by Gasteiger charge is -2.48. The van der Waals surface area contributed by atoms with Crippen LogP contribution in [0.3, 0.4) is 0 Å². The summed E-state index contributed by atoms with van der Waals surface area (Å²) in [6, 6.07) is 5.95. The minimum atomic E-state index is -1.27. The molecule has 152 valence electrons. The van der Waals surface area contributed by atoms with E-state index in [1.165, 1.54) is 12.1 Å². The maximum atomic E-state index is 13.7. The van der Waals surface area contributed by atoms with Crippen molar-refractivity contribution < 1.29 is 19.0 Å². The van der Waals surface area contributed by atoms with E-state index in [2.05, 4.69) is 27.3 Å². The van der Waals surface area contributed by atoms with Gasteiger partial charge in [0.25, 0.3) is 0 Å². The number of ether oxygens (including phenoxy) is 1. The van der Waals surface area contributed by atoms with Gasteiger partial charge in [0.2, 0.25) is 0 Å². The second kappa shape index (κ2) is 9.06. The standard InChI is InChI=1S/C21H26BrFN2O3/c1-5-8-21(20(26)27)18(9-12(2)28-4)25-13(3)16(11-24)19(21)15-7-6-14(23)10-17(15)22/h6-7,10,12,18-19,25H,5,8-9H2,1-4H3,(H,26,27). The highest BCUT2D eigenvalue weighted by atomic mass is 79.9. The zero-order valence-electron chi connectivity index (χ0n) is 16.6. The van der Waals surface area contributed by atoms with Gasteiger partial charge in [-0.25, -0.2) is 4.39 Å². The van der Waals surface area contributed by atoms with Gasteiger partial charge in [-0.15, -0.1) is 0 Å². The predicted octanol–water partition coefficient (Wildman–Crippen LogP) is 4.74. The van der Waals surface area contributed by atoms with E-state index in [9.17, 15) is 19.6 Å². The van der Waals surface area contributed by atoms with Gasteiger partial charge >= 0.3 is 5.97 Å². The lowest BCUT2D eigenvalue weighted by atomic mass is 9.59. The lowest BCUT2D eigenvalue weighted by molar-refractivity contribution is -0.154. The van der Waals surface area contributed by atoms with Gasteiger partial charge in [0, 0.05) is 29.2 Å². The van der Waals surface area contributed by atoms with Crippen molar-refractivity contribution in [3.8, 4) is 6.07 Å². The number of nitrogens with zero attached hydrogens (tertiary/aromatic N) is 1. The van der Waals surface area contributed by atoms with Crippen LogP contribution in [0.1, 0.15) is 51.5 Å². The van der Waals surface area contributed by atoms with Crippen LogP contribution < -0.4 is 5.32 Å². The summed E-state index contributed by atoms with van der Waals surface area (Å²) in [5.41, 5.74) is 0.339. The molecule has 28 heavy (non-hydrogen) atoms. The molecule has 2 N–H and O–H groups in total. The number of hydrogen-bond acceptors (Lipinski definition) is 4. The SMILES string of the molecule is CCCC1(C(=O)O)C(CC(C)OC)NC(C)=C(C#N)C1c1ccc(F)cc1Br. The summed E-state index contributed by atoms with van der Waals surface area (Å²) in [4.78, 5) is 12.8. The molecular weight excluding hydrogens is 427 g/mol. The molecule has 4 unspecified atom stereocenters. The molecule has 4 atom stereocenters. The van der Waals surface area contributed by atoms with Gasteiger partial charge in [-0.05, 0) is 44.4 Å². The summed E-state index contributed by atoms with van der Waals surface area (Å²) in [5, 5.41) is 23.6. The highest BCUT2D eigenvalue weighted by molar-refractivity contribution is 9.10. The van der Waals surface area contributed by atoms with Crippen molar-refractivity contribution in [2.75, 3.05) is 7.11 Å². The van der Waals surface area contributed by atoms with Crippen LogP contribution in [0.15, 0.2) is 33.9 Å². The maximum absolute atomic E-state index is 13.7. The Labute approximate surface area is 173 Å². The van der Waals surface area contributed by atoms with Crippen LogP contribution in [0.2, 0.25) is 0 Å². The van der Waals surface area contributed by atoms with Crippen LogP contribution in [0.4, 0.5) is 4.39 Å². The Bertz CT molecular complexity index is 820. The molecule has 0 saturated carbocycles. The molecule has 0 spiro atoms. The number of aliphatic carboxylic acids is 1. The molecule has 0 radical (unpaired) electrons. The fraction of sp³-hybridized carbons (Fsp3) is 0.524. The lowest BCUT2D eigenvalue weighted by Crippen LogP contribution is -2.57. The molecule has 0 fully saturated rings. The Hall–Kier alpha value is -1.91. The number of nitriles is 1. The van der Waals surface area contributed by atoms with Crippen molar-refractivity contribution in [3.05, 3.63) is 45.3 Å². The number of halogens is 2. The third kappa shape index (κ3) is 3.94. The molecule has 0 aromatic heterocycles. The summed E-state index contributed by atoms with van der Waals surface area (Å²) in [6.45, 7) is 5.60. The largest absolute Gasteiger partial charge is 0.481 e. The van der Waals surface area contributed by atoms with Gasteiger partial charge in [0.1, 0.15) is 5.82 Å². The fourth-order valence-electron chi connectivity index (χ4n) is 4.27. The second-order valence-corrected chi connectivity index (χ2v) is 8.18. The number of allylic oxidation sites excluding steroid dienone is 2. The molecule has 1 aliphatic rings. The van der Waals surface area contributed by atoms with Crippen molar-refractivity contribution in [1.29, 1.82) is 5.26 Å². The summed E-state index contributed by atoms with van der Waals surface area (Å²) in [6.07, 6.45) is 1.29. The predicted molar refractivity (Wildman–Crippen MR) is 108 cm³/mol. The number of methoxy groups -OCH3 is 1. The molecule has 0 aliphatic carbocycles. The van der Waals surface area contributed by atoms with Gasteiger partial charge in [0.05, 0.1) is 23.2 Å². The Morgan fingerprint density at radius 2 is 2.21 bits per heavy atom. The zero-order valence-corrected chi connectivity index (χ0v) is 18.1. The third-order valence-corrected chi connectivity index (χ3v) is 6.33. The Kier molecular flexibility index (Phi) is 7.24. The Morgan fingerprint density at radius 3 is 2.71 bits per heavy atom. The average molecular weight is 453 g/mol. The van der Waals surface area contributed by atoms with Crippen LogP contribution in [-0.4, -0.2) is 30.3 Å². The molecule has 5 nitrogen and oxygen atoms in total. The molecule has 7 heteroatoms.